The highest BCUT2D eigenvalue weighted by Crippen LogP contribution is 2.48. The number of hydrogen-bond acceptors (Lipinski definition) is 5. The van der Waals surface area contributed by atoms with Crippen molar-refractivity contribution in [2.75, 3.05) is 18.4 Å². The number of benzene rings is 2. The number of amides is 1. The Hall–Kier alpha value is -2.50. The predicted molar refractivity (Wildman–Crippen MR) is 119 cm³/mol. The Labute approximate surface area is 192 Å². The van der Waals surface area contributed by atoms with Gasteiger partial charge in [-0.1, -0.05) is 23.5 Å². The molecule has 2 atom stereocenters. The van der Waals surface area contributed by atoms with Gasteiger partial charge < -0.3 is 5.32 Å². The third-order valence-electron chi connectivity index (χ3n) is 6.09. The summed E-state index contributed by atoms with van der Waals surface area (Å²) in [7, 11) is -3.54. The largest absolute Gasteiger partial charge is 0.416 e. The number of anilines is 1. The molecular formula is C22H20F3N3O3S2. The van der Waals surface area contributed by atoms with Crippen molar-refractivity contribution >= 4 is 42.6 Å². The first-order chi connectivity index (χ1) is 15.6. The molecule has 11 heteroatoms. The van der Waals surface area contributed by atoms with Gasteiger partial charge in [-0.3, -0.25) is 4.79 Å². The molecule has 1 saturated heterocycles. The van der Waals surface area contributed by atoms with Gasteiger partial charge in [0.2, 0.25) is 15.9 Å². The lowest BCUT2D eigenvalue weighted by Gasteiger charge is -2.15. The number of nitrogens with one attached hydrogen (secondary N) is 1. The summed E-state index contributed by atoms with van der Waals surface area (Å²) in [4.78, 5) is 17.2. The van der Waals surface area contributed by atoms with Gasteiger partial charge in [0.1, 0.15) is 0 Å². The third-order valence-corrected chi connectivity index (χ3v) is 8.91. The molecule has 6 nitrogen and oxygen atoms in total. The van der Waals surface area contributed by atoms with Crippen LogP contribution in [-0.2, 0) is 21.0 Å². The molecule has 1 amide bonds. The second-order valence-electron chi connectivity index (χ2n) is 8.32. The van der Waals surface area contributed by atoms with Gasteiger partial charge in [0.25, 0.3) is 0 Å². The number of carbonyl (C=O) groups is 1. The number of alkyl halides is 3. The Balaban J connectivity index is 1.27. The molecule has 3 aromatic rings. The first-order valence-corrected chi connectivity index (χ1v) is 12.8. The molecule has 0 spiro atoms. The first kappa shape index (κ1) is 22.3. The van der Waals surface area contributed by atoms with Crippen molar-refractivity contribution in [3.05, 3.63) is 53.6 Å². The molecule has 174 valence electrons. The van der Waals surface area contributed by atoms with Gasteiger partial charge in [0.05, 0.1) is 20.7 Å². The van der Waals surface area contributed by atoms with Gasteiger partial charge in [0, 0.05) is 19.0 Å². The standard InChI is InChI=1S/C22H20F3N3O3S2/c23-22(24,25)14-5-3-13(4-6-14)16-12-17(16)20(29)27-21-26-18-8-7-15(11-19(18)32-21)33(30,31)28-9-1-2-10-28/h3-8,11,16-17H,1-2,9-10,12H2,(H,26,27,29). The van der Waals surface area contributed by atoms with Crippen LogP contribution in [0.25, 0.3) is 10.2 Å². The van der Waals surface area contributed by atoms with Gasteiger partial charge in [-0.25, -0.2) is 13.4 Å². The van der Waals surface area contributed by atoms with Gasteiger partial charge in [-0.2, -0.15) is 17.5 Å². The van der Waals surface area contributed by atoms with E-state index >= 15 is 0 Å². The molecule has 1 aromatic heterocycles. The molecule has 1 aliphatic carbocycles. The van der Waals surface area contributed by atoms with Crippen LogP contribution < -0.4 is 5.32 Å². The van der Waals surface area contributed by atoms with E-state index in [2.05, 4.69) is 10.3 Å². The number of sulfonamides is 1. The minimum absolute atomic E-state index is 0.126. The summed E-state index contributed by atoms with van der Waals surface area (Å²) >= 11 is 1.19. The summed E-state index contributed by atoms with van der Waals surface area (Å²) in [6.45, 7) is 1.04. The summed E-state index contributed by atoms with van der Waals surface area (Å²) in [6.07, 6.45) is -2.13. The van der Waals surface area contributed by atoms with Crippen LogP contribution in [0.4, 0.5) is 18.3 Å². The Kier molecular flexibility index (Phi) is 5.45. The lowest BCUT2D eigenvalue weighted by atomic mass is 10.1. The molecule has 2 heterocycles. The van der Waals surface area contributed by atoms with E-state index in [0.29, 0.717) is 40.4 Å². The van der Waals surface area contributed by atoms with Crippen LogP contribution in [0.3, 0.4) is 0 Å². The lowest BCUT2D eigenvalue weighted by molar-refractivity contribution is -0.137. The number of hydrogen-bond donors (Lipinski definition) is 1. The van der Waals surface area contributed by atoms with E-state index in [1.54, 1.807) is 12.1 Å². The minimum Gasteiger partial charge on any atom is -0.302 e. The third kappa shape index (κ3) is 4.36. The predicted octanol–water partition coefficient (Wildman–Crippen LogP) is 4.84. The second-order valence-corrected chi connectivity index (χ2v) is 11.3. The maximum atomic E-state index is 12.8. The molecule has 0 bridgehead atoms. The average molecular weight is 496 g/mol. The van der Waals surface area contributed by atoms with Gasteiger partial charge in [-0.15, -0.1) is 0 Å². The molecule has 2 unspecified atom stereocenters. The maximum absolute atomic E-state index is 12.8. The van der Waals surface area contributed by atoms with E-state index in [1.807, 2.05) is 0 Å². The van der Waals surface area contributed by atoms with Crippen LogP contribution in [0.2, 0.25) is 0 Å². The number of fused-ring (bicyclic) bond motifs is 1. The van der Waals surface area contributed by atoms with E-state index in [1.165, 1.54) is 33.8 Å². The van der Waals surface area contributed by atoms with E-state index in [0.717, 1.165) is 25.0 Å². The first-order valence-electron chi connectivity index (χ1n) is 10.5. The lowest BCUT2D eigenvalue weighted by Crippen LogP contribution is -2.27. The SMILES string of the molecule is O=C(Nc1nc2ccc(S(=O)(=O)N3CCCC3)cc2s1)C1CC1c1ccc(C(F)(F)F)cc1. The zero-order valence-corrected chi connectivity index (χ0v) is 18.9. The van der Waals surface area contributed by atoms with Crippen LogP contribution in [0.15, 0.2) is 47.4 Å². The second kappa shape index (κ2) is 8.07. The van der Waals surface area contributed by atoms with E-state index in [-0.39, 0.29) is 22.6 Å². The number of carbonyl (C=O) groups excluding carboxylic acids is 1. The number of aromatic nitrogens is 1. The van der Waals surface area contributed by atoms with Gasteiger partial charge >= 0.3 is 6.18 Å². The quantitative estimate of drug-likeness (QED) is 0.549. The topological polar surface area (TPSA) is 79.4 Å². The van der Waals surface area contributed by atoms with Crippen molar-refractivity contribution < 1.29 is 26.4 Å². The Morgan fingerprint density at radius 2 is 1.79 bits per heavy atom. The fourth-order valence-corrected chi connectivity index (χ4v) is 6.69. The molecule has 33 heavy (non-hydrogen) atoms. The highest BCUT2D eigenvalue weighted by atomic mass is 32.2. The van der Waals surface area contributed by atoms with Gasteiger partial charge in [-0.05, 0) is 61.1 Å². The van der Waals surface area contributed by atoms with E-state index in [4.69, 9.17) is 0 Å². The number of halogens is 3. The van der Waals surface area contributed by atoms with Crippen LogP contribution in [0, 0.1) is 5.92 Å². The molecule has 2 aromatic carbocycles. The van der Waals surface area contributed by atoms with Crippen LogP contribution in [0.5, 0.6) is 0 Å². The molecule has 0 radical (unpaired) electrons. The van der Waals surface area contributed by atoms with Crippen molar-refractivity contribution in [2.45, 2.75) is 36.3 Å². The smallest absolute Gasteiger partial charge is 0.302 e. The number of nitrogens with zero attached hydrogens (tertiary/aromatic N) is 2. The molecule has 2 aliphatic rings. The van der Waals surface area contributed by atoms with Crippen LogP contribution in [0.1, 0.15) is 36.3 Å². The molecular weight excluding hydrogens is 475 g/mol. The van der Waals surface area contributed by atoms with E-state index < -0.39 is 21.8 Å². The van der Waals surface area contributed by atoms with Crippen molar-refractivity contribution in [1.29, 1.82) is 0 Å². The normalized spacial score (nSPS) is 21.4. The fraction of sp³-hybridized carbons (Fsp3) is 0.364. The zero-order chi connectivity index (χ0) is 23.4. The minimum atomic E-state index is -4.39. The van der Waals surface area contributed by atoms with Crippen molar-refractivity contribution in [2.24, 2.45) is 5.92 Å². The monoisotopic (exact) mass is 495 g/mol. The van der Waals surface area contributed by atoms with Crippen molar-refractivity contribution in [3.8, 4) is 0 Å². The Morgan fingerprint density at radius 3 is 2.45 bits per heavy atom. The molecule has 1 saturated carbocycles. The van der Waals surface area contributed by atoms with Gasteiger partial charge in [0.15, 0.2) is 5.13 Å². The summed E-state index contributed by atoms with van der Waals surface area (Å²) in [5, 5.41) is 3.14. The van der Waals surface area contributed by atoms with E-state index in [9.17, 15) is 26.4 Å². The fourth-order valence-electron chi connectivity index (χ4n) is 4.17. The average Bonchev–Trinajstić information content (AvgIpc) is 3.17. The number of rotatable bonds is 5. The summed E-state index contributed by atoms with van der Waals surface area (Å²) in [6, 6.07) is 9.64. The molecule has 1 N–H and O–H groups in total. The van der Waals surface area contributed by atoms with Crippen LogP contribution in [-0.4, -0.2) is 36.7 Å². The van der Waals surface area contributed by atoms with Crippen molar-refractivity contribution in [1.82, 2.24) is 9.29 Å². The molecule has 2 fully saturated rings. The highest BCUT2D eigenvalue weighted by Gasteiger charge is 2.44. The summed E-state index contributed by atoms with van der Waals surface area (Å²) in [5.74, 6) is -0.706. The van der Waals surface area contributed by atoms with Crippen molar-refractivity contribution in [3.63, 3.8) is 0 Å². The molecule has 1 aliphatic heterocycles. The van der Waals surface area contributed by atoms with Crippen LogP contribution >= 0.6 is 11.3 Å². The highest BCUT2D eigenvalue weighted by molar-refractivity contribution is 7.89. The molecule has 5 rings (SSSR count). The zero-order valence-electron chi connectivity index (χ0n) is 17.3. The number of thiazole rings is 1. The summed E-state index contributed by atoms with van der Waals surface area (Å²) in [5.41, 5.74) is 0.573. The Morgan fingerprint density at radius 1 is 1.09 bits per heavy atom. The Bertz CT molecular complexity index is 1310. The summed E-state index contributed by atoms with van der Waals surface area (Å²) < 4.78 is 65.9. The maximum Gasteiger partial charge on any atom is 0.416 e.